The summed E-state index contributed by atoms with van der Waals surface area (Å²) in [5.74, 6) is -2.72. The van der Waals surface area contributed by atoms with Crippen LogP contribution in [0.25, 0.3) is 10.8 Å². The molecule has 0 aromatic heterocycles. The molecule has 4 nitrogen and oxygen atoms in total. The standard InChI is InChI=1S/C18H19F2NO3/c19-18(20)10-15(11-22)21(12-18)17(23)7-8-24-16-6-5-13-3-1-2-4-14(13)9-16/h1-6,9,15,22H,7-8,10-12H2. The lowest BCUT2D eigenvalue weighted by Crippen LogP contribution is -2.38. The molecule has 128 valence electrons. The van der Waals surface area contributed by atoms with Gasteiger partial charge in [-0.2, -0.15) is 0 Å². The van der Waals surface area contributed by atoms with Crippen molar-refractivity contribution in [2.75, 3.05) is 19.8 Å². The van der Waals surface area contributed by atoms with E-state index in [0.29, 0.717) is 5.75 Å². The zero-order chi connectivity index (χ0) is 17.2. The molecule has 0 bridgehead atoms. The minimum Gasteiger partial charge on any atom is -0.493 e. The maximum Gasteiger partial charge on any atom is 0.267 e. The van der Waals surface area contributed by atoms with E-state index in [1.165, 1.54) is 0 Å². The quantitative estimate of drug-likeness (QED) is 0.914. The minimum absolute atomic E-state index is 0.000588. The predicted octanol–water partition coefficient (Wildman–Crippen LogP) is 2.84. The summed E-state index contributed by atoms with van der Waals surface area (Å²) in [5.41, 5.74) is 0. The van der Waals surface area contributed by atoms with E-state index in [1.54, 1.807) is 0 Å². The van der Waals surface area contributed by atoms with Crippen LogP contribution in [-0.4, -0.2) is 47.6 Å². The molecule has 2 aromatic rings. The fourth-order valence-corrected chi connectivity index (χ4v) is 3.01. The molecule has 24 heavy (non-hydrogen) atoms. The summed E-state index contributed by atoms with van der Waals surface area (Å²) in [4.78, 5) is 13.2. The van der Waals surface area contributed by atoms with Crippen LogP contribution in [0.1, 0.15) is 12.8 Å². The van der Waals surface area contributed by atoms with E-state index < -0.39 is 37.4 Å². The minimum atomic E-state index is -2.93. The van der Waals surface area contributed by atoms with Gasteiger partial charge in [-0.3, -0.25) is 4.79 Å². The molecule has 1 heterocycles. The Morgan fingerprint density at radius 2 is 2.00 bits per heavy atom. The Balaban J connectivity index is 1.56. The Kier molecular flexibility index (Phi) is 4.66. The molecule has 1 aliphatic rings. The molecule has 2 aromatic carbocycles. The summed E-state index contributed by atoms with van der Waals surface area (Å²) < 4.78 is 32.4. The molecule has 1 N–H and O–H groups in total. The zero-order valence-electron chi connectivity index (χ0n) is 13.1. The molecule has 6 heteroatoms. The van der Waals surface area contributed by atoms with Gasteiger partial charge in [0.15, 0.2) is 0 Å². The number of rotatable bonds is 5. The van der Waals surface area contributed by atoms with Gasteiger partial charge in [0.05, 0.1) is 32.2 Å². The van der Waals surface area contributed by atoms with Gasteiger partial charge >= 0.3 is 0 Å². The SMILES string of the molecule is O=C(CCOc1ccc2ccccc2c1)N1CC(F)(F)CC1CO. The van der Waals surface area contributed by atoms with Gasteiger partial charge < -0.3 is 14.7 Å². The Hall–Kier alpha value is -2.21. The second-order valence-electron chi connectivity index (χ2n) is 6.03. The van der Waals surface area contributed by atoms with Crippen molar-refractivity contribution >= 4 is 16.7 Å². The van der Waals surface area contributed by atoms with E-state index in [4.69, 9.17) is 9.84 Å². The van der Waals surface area contributed by atoms with E-state index in [-0.39, 0.29) is 13.0 Å². The van der Waals surface area contributed by atoms with Crippen LogP contribution in [0, 0.1) is 0 Å². The second kappa shape index (κ2) is 6.73. The van der Waals surface area contributed by atoms with Crippen LogP contribution in [0.5, 0.6) is 5.75 Å². The van der Waals surface area contributed by atoms with Crippen LogP contribution in [0.2, 0.25) is 0 Å². The van der Waals surface area contributed by atoms with Crippen molar-refractivity contribution in [3.63, 3.8) is 0 Å². The van der Waals surface area contributed by atoms with Crippen LogP contribution >= 0.6 is 0 Å². The normalized spacial score (nSPS) is 19.6. The number of amides is 1. The lowest BCUT2D eigenvalue weighted by Gasteiger charge is -2.22. The lowest BCUT2D eigenvalue weighted by molar-refractivity contribution is -0.134. The number of halogens is 2. The summed E-state index contributed by atoms with van der Waals surface area (Å²) in [6, 6.07) is 12.6. The van der Waals surface area contributed by atoms with E-state index in [0.717, 1.165) is 15.7 Å². The first kappa shape index (κ1) is 16.6. The number of nitrogens with zero attached hydrogens (tertiary/aromatic N) is 1. The molecule has 0 spiro atoms. The number of carbonyl (C=O) groups is 1. The van der Waals surface area contributed by atoms with Crippen molar-refractivity contribution in [1.82, 2.24) is 4.90 Å². The molecule has 0 saturated carbocycles. The second-order valence-corrected chi connectivity index (χ2v) is 6.03. The summed E-state index contributed by atoms with van der Waals surface area (Å²) in [5, 5.41) is 11.3. The van der Waals surface area contributed by atoms with Gasteiger partial charge in [-0.1, -0.05) is 30.3 Å². The first-order valence-electron chi connectivity index (χ1n) is 7.88. The monoisotopic (exact) mass is 335 g/mol. The third-order valence-electron chi connectivity index (χ3n) is 4.21. The number of aliphatic hydroxyl groups is 1. The molecule has 0 aliphatic carbocycles. The van der Waals surface area contributed by atoms with Gasteiger partial charge in [-0.05, 0) is 22.9 Å². The maximum absolute atomic E-state index is 13.4. The smallest absolute Gasteiger partial charge is 0.267 e. The van der Waals surface area contributed by atoms with Crippen molar-refractivity contribution in [3.05, 3.63) is 42.5 Å². The largest absolute Gasteiger partial charge is 0.493 e. The number of aliphatic hydroxyl groups excluding tert-OH is 1. The molecule has 3 rings (SSSR count). The van der Waals surface area contributed by atoms with Crippen LogP contribution in [-0.2, 0) is 4.79 Å². The number of likely N-dealkylation sites (tertiary alicyclic amines) is 1. The highest BCUT2D eigenvalue weighted by Crippen LogP contribution is 2.32. The highest BCUT2D eigenvalue weighted by Gasteiger charge is 2.46. The van der Waals surface area contributed by atoms with Crippen molar-refractivity contribution in [1.29, 1.82) is 0 Å². The number of fused-ring (bicyclic) bond motifs is 1. The Morgan fingerprint density at radius 1 is 1.25 bits per heavy atom. The van der Waals surface area contributed by atoms with E-state index >= 15 is 0 Å². The number of ether oxygens (including phenoxy) is 1. The topological polar surface area (TPSA) is 49.8 Å². The Bertz CT molecular complexity index is 735. The highest BCUT2D eigenvalue weighted by atomic mass is 19.3. The third kappa shape index (κ3) is 3.64. The van der Waals surface area contributed by atoms with Crippen molar-refractivity contribution < 1.29 is 23.4 Å². The summed E-state index contributed by atoms with van der Waals surface area (Å²) >= 11 is 0. The Labute approximate surface area is 138 Å². The summed E-state index contributed by atoms with van der Waals surface area (Å²) in [7, 11) is 0. The average Bonchev–Trinajstić information content (AvgIpc) is 2.89. The molecular formula is C18H19F2NO3. The molecule has 1 atom stereocenters. The Morgan fingerprint density at radius 3 is 2.75 bits per heavy atom. The van der Waals surface area contributed by atoms with Crippen LogP contribution in [0.3, 0.4) is 0 Å². The number of hydrogen-bond acceptors (Lipinski definition) is 3. The molecule has 1 amide bonds. The van der Waals surface area contributed by atoms with Crippen molar-refractivity contribution in [2.45, 2.75) is 24.8 Å². The summed E-state index contributed by atoms with van der Waals surface area (Å²) in [6.07, 6.45) is -0.486. The first-order chi connectivity index (χ1) is 11.5. The van der Waals surface area contributed by atoms with Crippen LogP contribution < -0.4 is 4.74 Å². The molecule has 1 aliphatic heterocycles. The van der Waals surface area contributed by atoms with Gasteiger partial charge in [0.1, 0.15) is 5.75 Å². The molecule has 0 radical (unpaired) electrons. The van der Waals surface area contributed by atoms with Crippen molar-refractivity contribution in [3.8, 4) is 5.75 Å². The summed E-state index contributed by atoms with van der Waals surface area (Å²) in [6.45, 7) is -0.975. The molecule has 1 saturated heterocycles. The van der Waals surface area contributed by atoms with Gasteiger partial charge in [0.2, 0.25) is 5.91 Å². The van der Waals surface area contributed by atoms with Crippen LogP contribution in [0.15, 0.2) is 42.5 Å². The van der Waals surface area contributed by atoms with Gasteiger partial charge in [-0.15, -0.1) is 0 Å². The molecular weight excluding hydrogens is 316 g/mol. The number of alkyl halides is 2. The highest BCUT2D eigenvalue weighted by molar-refractivity contribution is 5.83. The number of carbonyl (C=O) groups excluding carboxylic acids is 1. The molecule has 1 fully saturated rings. The van der Waals surface area contributed by atoms with Crippen LogP contribution in [0.4, 0.5) is 8.78 Å². The van der Waals surface area contributed by atoms with Gasteiger partial charge in [-0.25, -0.2) is 8.78 Å². The average molecular weight is 335 g/mol. The van der Waals surface area contributed by atoms with Gasteiger partial charge in [0, 0.05) is 6.42 Å². The fourth-order valence-electron chi connectivity index (χ4n) is 3.01. The maximum atomic E-state index is 13.4. The van der Waals surface area contributed by atoms with Gasteiger partial charge in [0.25, 0.3) is 5.92 Å². The number of hydrogen-bond donors (Lipinski definition) is 1. The lowest BCUT2D eigenvalue weighted by atomic mass is 10.1. The first-order valence-corrected chi connectivity index (χ1v) is 7.88. The van der Waals surface area contributed by atoms with E-state index in [9.17, 15) is 13.6 Å². The third-order valence-corrected chi connectivity index (χ3v) is 4.21. The van der Waals surface area contributed by atoms with Crippen molar-refractivity contribution in [2.24, 2.45) is 0 Å². The predicted molar refractivity (Wildman–Crippen MR) is 86.2 cm³/mol. The van der Waals surface area contributed by atoms with E-state index in [2.05, 4.69) is 0 Å². The zero-order valence-corrected chi connectivity index (χ0v) is 13.1. The fraction of sp³-hybridized carbons (Fsp3) is 0.389. The number of benzene rings is 2. The van der Waals surface area contributed by atoms with E-state index in [1.807, 2.05) is 42.5 Å². The molecule has 1 unspecified atom stereocenters.